The summed E-state index contributed by atoms with van der Waals surface area (Å²) in [6.07, 6.45) is 0. The molecule has 1 N–H and O–H groups in total. The smallest absolute Gasteiger partial charge is 0.107 e. The molecule has 4 nitrogen and oxygen atoms in total. The number of thiazole rings is 1. The number of piperazine rings is 1. The van der Waals surface area contributed by atoms with Crippen LogP contribution in [-0.2, 0) is 12.0 Å². The van der Waals surface area contributed by atoms with Crippen LogP contribution >= 0.6 is 11.3 Å². The van der Waals surface area contributed by atoms with Gasteiger partial charge in [0.2, 0.25) is 0 Å². The van der Waals surface area contributed by atoms with Crippen LogP contribution in [0.1, 0.15) is 45.3 Å². The molecule has 2 rings (SSSR count). The van der Waals surface area contributed by atoms with Gasteiger partial charge < -0.3 is 5.11 Å². The lowest BCUT2D eigenvalue weighted by Crippen LogP contribution is -2.50. The molecule has 5 heteroatoms. The van der Waals surface area contributed by atoms with Gasteiger partial charge in [-0.25, -0.2) is 4.98 Å². The SMILES string of the molecule is CC(C)(O)CN1CCN(Cc2nc(C(C)(C)C)cs2)CC1. The summed E-state index contributed by atoms with van der Waals surface area (Å²) in [6, 6.07) is 0. The Bertz CT molecular complexity index is 451. The van der Waals surface area contributed by atoms with Gasteiger partial charge in [-0.05, 0) is 13.8 Å². The second-order valence-corrected chi connectivity index (χ2v) is 8.68. The van der Waals surface area contributed by atoms with Gasteiger partial charge in [0.1, 0.15) is 5.01 Å². The van der Waals surface area contributed by atoms with Crippen LogP contribution in [0.15, 0.2) is 5.38 Å². The molecule has 1 fully saturated rings. The number of aliphatic hydroxyl groups is 1. The van der Waals surface area contributed by atoms with Crippen molar-refractivity contribution in [1.29, 1.82) is 0 Å². The number of rotatable bonds is 4. The highest BCUT2D eigenvalue weighted by Gasteiger charge is 2.24. The van der Waals surface area contributed by atoms with Gasteiger partial charge in [-0.15, -0.1) is 11.3 Å². The minimum Gasteiger partial charge on any atom is -0.389 e. The molecule has 0 amide bonds. The number of aromatic nitrogens is 1. The second kappa shape index (κ2) is 6.32. The van der Waals surface area contributed by atoms with E-state index < -0.39 is 5.60 Å². The maximum atomic E-state index is 9.89. The molecule has 0 atom stereocenters. The molecule has 0 bridgehead atoms. The molecular weight excluding hydrogens is 282 g/mol. The Morgan fingerprint density at radius 1 is 1.10 bits per heavy atom. The average Bonchev–Trinajstić information content (AvgIpc) is 2.78. The summed E-state index contributed by atoms with van der Waals surface area (Å²) in [5.41, 5.74) is 0.738. The Kier molecular flexibility index (Phi) is 5.08. The summed E-state index contributed by atoms with van der Waals surface area (Å²) in [5.74, 6) is 0. The van der Waals surface area contributed by atoms with E-state index in [4.69, 9.17) is 4.98 Å². The normalized spacial score (nSPS) is 19.1. The molecule has 0 spiro atoms. The van der Waals surface area contributed by atoms with Crippen LogP contribution in [0.3, 0.4) is 0 Å². The molecule has 120 valence electrons. The molecule has 1 aromatic heterocycles. The quantitative estimate of drug-likeness (QED) is 0.926. The van der Waals surface area contributed by atoms with Gasteiger partial charge in [0.05, 0.1) is 17.8 Å². The molecule has 0 radical (unpaired) electrons. The monoisotopic (exact) mass is 311 g/mol. The van der Waals surface area contributed by atoms with Crippen molar-refractivity contribution in [2.75, 3.05) is 32.7 Å². The van der Waals surface area contributed by atoms with E-state index in [1.165, 1.54) is 10.7 Å². The van der Waals surface area contributed by atoms with Crippen LogP contribution in [0.2, 0.25) is 0 Å². The van der Waals surface area contributed by atoms with Gasteiger partial charge in [-0.1, -0.05) is 20.8 Å². The highest BCUT2D eigenvalue weighted by Crippen LogP contribution is 2.24. The Hall–Kier alpha value is -0.490. The molecule has 0 aliphatic carbocycles. The van der Waals surface area contributed by atoms with E-state index in [0.717, 1.165) is 39.3 Å². The molecule has 0 unspecified atom stereocenters. The third-order valence-corrected chi connectivity index (χ3v) is 4.59. The van der Waals surface area contributed by atoms with Crippen LogP contribution in [0.25, 0.3) is 0 Å². The molecule has 0 saturated carbocycles. The van der Waals surface area contributed by atoms with Crippen molar-refractivity contribution < 1.29 is 5.11 Å². The molecule has 21 heavy (non-hydrogen) atoms. The van der Waals surface area contributed by atoms with Crippen LogP contribution in [0.4, 0.5) is 0 Å². The van der Waals surface area contributed by atoms with Gasteiger partial charge in [-0.3, -0.25) is 9.80 Å². The van der Waals surface area contributed by atoms with Crippen molar-refractivity contribution in [3.8, 4) is 0 Å². The zero-order valence-corrected chi connectivity index (χ0v) is 14.8. The fourth-order valence-electron chi connectivity index (χ4n) is 2.57. The van der Waals surface area contributed by atoms with E-state index in [1.54, 1.807) is 11.3 Å². The Labute approximate surface area is 132 Å². The average molecular weight is 311 g/mol. The first-order valence-electron chi connectivity index (χ1n) is 7.75. The van der Waals surface area contributed by atoms with E-state index in [0.29, 0.717) is 0 Å². The van der Waals surface area contributed by atoms with Crippen molar-refractivity contribution in [3.63, 3.8) is 0 Å². The van der Waals surface area contributed by atoms with Crippen LogP contribution < -0.4 is 0 Å². The summed E-state index contributed by atoms with van der Waals surface area (Å²) in [7, 11) is 0. The Morgan fingerprint density at radius 3 is 2.14 bits per heavy atom. The molecular formula is C16H29N3OS. The first-order chi connectivity index (χ1) is 9.63. The minimum atomic E-state index is -0.598. The third kappa shape index (κ3) is 5.33. The van der Waals surface area contributed by atoms with Crippen molar-refractivity contribution in [1.82, 2.24) is 14.8 Å². The predicted molar refractivity (Wildman–Crippen MR) is 88.8 cm³/mol. The fourth-order valence-corrected chi connectivity index (χ4v) is 3.63. The van der Waals surface area contributed by atoms with Gasteiger partial charge in [0, 0.05) is 43.5 Å². The summed E-state index contributed by atoms with van der Waals surface area (Å²) in [5, 5.41) is 13.3. The van der Waals surface area contributed by atoms with Crippen molar-refractivity contribution >= 4 is 11.3 Å². The largest absolute Gasteiger partial charge is 0.389 e. The Morgan fingerprint density at radius 2 is 1.67 bits per heavy atom. The van der Waals surface area contributed by atoms with Crippen LogP contribution in [-0.4, -0.2) is 58.2 Å². The highest BCUT2D eigenvalue weighted by molar-refractivity contribution is 7.09. The standard InChI is InChI=1S/C16H29N3OS/c1-15(2,3)13-11-21-14(17-13)10-18-6-8-19(9-7-18)12-16(4,5)20/h11,20H,6-10,12H2,1-5H3. The van der Waals surface area contributed by atoms with Gasteiger partial charge >= 0.3 is 0 Å². The fraction of sp³-hybridized carbons (Fsp3) is 0.812. The molecule has 1 aliphatic heterocycles. The number of hydrogen-bond acceptors (Lipinski definition) is 5. The number of nitrogens with zero attached hydrogens (tertiary/aromatic N) is 3. The van der Waals surface area contributed by atoms with Gasteiger partial charge in [0.25, 0.3) is 0 Å². The maximum Gasteiger partial charge on any atom is 0.107 e. The third-order valence-electron chi connectivity index (χ3n) is 3.75. The van der Waals surface area contributed by atoms with E-state index in [2.05, 4.69) is 36.0 Å². The van der Waals surface area contributed by atoms with Gasteiger partial charge in [0.15, 0.2) is 0 Å². The van der Waals surface area contributed by atoms with Crippen molar-refractivity contribution in [2.45, 2.75) is 52.2 Å². The van der Waals surface area contributed by atoms with E-state index >= 15 is 0 Å². The number of β-amino-alcohol motifs (C(OH)–C–C–N with tert-alkyl or cyclic N) is 1. The lowest BCUT2D eigenvalue weighted by molar-refractivity contribution is 0.0166. The van der Waals surface area contributed by atoms with E-state index in [9.17, 15) is 5.11 Å². The predicted octanol–water partition coefficient (Wildman–Crippen LogP) is 2.33. The molecule has 0 aromatic carbocycles. The lowest BCUT2D eigenvalue weighted by atomic mass is 9.93. The summed E-state index contributed by atoms with van der Waals surface area (Å²) < 4.78 is 0. The lowest BCUT2D eigenvalue weighted by Gasteiger charge is -2.36. The Balaban J connectivity index is 1.82. The summed E-state index contributed by atoms with van der Waals surface area (Å²) in [6.45, 7) is 16.3. The first-order valence-corrected chi connectivity index (χ1v) is 8.63. The van der Waals surface area contributed by atoms with Crippen molar-refractivity contribution in [3.05, 3.63) is 16.1 Å². The van der Waals surface area contributed by atoms with Crippen molar-refractivity contribution in [2.24, 2.45) is 0 Å². The second-order valence-electron chi connectivity index (χ2n) is 7.74. The van der Waals surface area contributed by atoms with E-state index in [-0.39, 0.29) is 5.41 Å². The first kappa shape index (κ1) is 16.9. The zero-order valence-electron chi connectivity index (χ0n) is 14.0. The van der Waals surface area contributed by atoms with Crippen LogP contribution in [0.5, 0.6) is 0 Å². The maximum absolute atomic E-state index is 9.89. The van der Waals surface area contributed by atoms with E-state index in [1.807, 2.05) is 13.8 Å². The minimum absolute atomic E-state index is 0.139. The summed E-state index contributed by atoms with van der Waals surface area (Å²) >= 11 is 1.77. The molecule has 1 aliphatic rings. The number of hydrogen-bond donors (Lipinski definition) is 1. The van der Waals surface area contributed by atoms with Gasteiger partial charge in [-0.2, -0.15) is 0 Å². The van der Waals surface area contributed by atoms with Crippen LogP contribution in [0, 0.1) is 0 Å². The molecule has 1 saturated heterocycles. The molecule has 1 aromatic rings. The highest BCUT2D eigenvalue weighted by atomic mass is 32.1. The zero-order chi connectivity index (χ0) is 15.7. The molecule has 2 heterocycles. The topological polar surface area (TPSA) is 39.6 Å². The summed E-state index contributed by atoms with van der Waals surface area (Å²) in [4.78, 5) is 9.59.